The number of aromatic nitrogens is 3. The van der Waals surface area contributed by atoms with E-state index in [9.17, 15) is 4.79 Å². The number of aldehydes is 1. The first-order chi connectivity index (χ1) is 17.2. The number of nitrogens with one attached hydrogen (secondary N) is 1. The van der Waals surface area contributed by atoms with Crippen LogP contribution in [0, 0.1) is 0 Å². The van der Waals surface area contributed by atoms with Crippen molar-refractivity contribution in [1.29, 1.82) is 0 Å². The lowest BCUT2D eigenvalue weighted by atomic mass is 10.1. The van der Waals surface area contributed by atoms with Gasteiger partial charge >= 0.3 is 0 Å². The highest BCUT2D eigenvalue weighted by Gasteiger charge is 2.40. The molecule has 0 amide bonds. The number of nitrogens with zero attached hydrogens (tertiary/aromatic N) is 4. The molecule has 0 atom stereocenters. The van der Waals surface area contributed by atoms with Crippen molar-refractivity contribution in [2.45, 2.75) is 51.7 Å². The SMILES string of the molecule is CC(C)(C)[Si](C)(C)O/N=C1/CCc2cc(Nc3c(-c4ncc(C=O)cn4)oc4cnccc34)ccc21. The van der Waals surface area contributed by atoms with Crippen molar-refractivity contribution < 1.29 is 13.7 Å². The number of fused-ring (bicyclic) bond motifs is 2. The van der Waals surface area contributed by atoms with Gasteiger partial charge in [0.05, 0.1) is 23.2 Å². The second-order valence-corrected chi connectivity index (χ2v) is 15.2. The summed E-state index contributed by atoms with van der Waals surface area (Å²) in [6.07, 6.45) is 8.82. The molecule has 184 valence electrons. The first-order valence-corrected chi connectivity index (χ1v) is 14.9. The Morgan fingerprint density at radius 3 is 2.61 bits per heavy atom. The highest BCUT2D eigenvalue weighted by molar-refractivity contribution is 6.74. The van der Waals surface area contributed by atoms with E-state index in [1.165, 1.54) is 18.0 Å². The van der Waals surface area contributed by atoms with Crippen LogP contribution in [0.3, 0.4) is 0 Å². The van der Waals surface area contributed by atoms with E-state index < -0.39 is 8.32 Å². The Kier molecular flexibility index (Phi) is 5.95. The fraction of sp³-hybridized carbons (Fsp3) is 0.296. The number of aryl methyl sites for hydroxylation is 1. The van der Waals surface area contributed by atoms with Crippen molar-refractivity contribution in [3.63, 3.8) is 0 Å². The number of furan rings is 1. The molecule has 0 bridgehead atoms. The lowest BCUT2D eigenvalue weighted by Crippen LogP contribution is -2.39. The standard InChI is InChI=1S/C27H29N5O3Si/c1-27(2,3)36(4,5)35-32-22-9-6-18-12-19(7-8-20(18)22)31-24-21-10-11-28-15-23(21)34-25(24)26-29-13-17(16-33)14-30-26/h7-8,10-16,31H,6,9H2,1-5H3/b32-22-. The van der Waals surface area contributed by atoms with Crippen molar-refractivity contribution >= 4 is 42.7 Å². The smallest absolute Gasteiger partial charge is 0.286 e. The van der Waals surface area contributed by atoms with Crippen LogP contribution in [0.25, 0.3) is 22.6 Å². The summed E-state index contributed by atoms with van der Waals surface area (Å²) in [6, 6.07) is 8.16. The second kappa shape index (κ2) is 8.98. The van der Waals surface area contributed by atoms with Gasteiger partial charge in [0.1, 0.15) is 0 Å². The molecule has 8 nitrogen and oxygen atoms in total. The summed E-state index contributed by atoms with van der Waals surface area (Å²) in [5, 5.41) is 9.09. The van der Waals surface area contributed by atoms with E-state index in [1.807, 2.05) is 12.1 Å². The number of carbonyl (C=O) groups is 1. The molecule has 3 heterocycles. The lowest BCUT2D eigenvalue weighted by Gasteiger charge is -2.33. The molecule has 0 saturated heterocycles. The molecule has 9 heteroatoms. The molecule has 1 N–H and O–H groups in total. The van der Waals surface area contributed by atoms with E-state index in [0.29, 0.717) is 29.0 Å². The number of pyridine rings is 1. The molecule has 1 aromatic carbocycles. The van der Waals surface area contributed by atoms with Gasteiger partial charge in [-0.25, -0.2) is 9.97 Å². The number of hydrogen-bond acceptors (Lipinski definition) is 8. The van der Waals surface area contributed by atoms with Crippen LogP contribution in [0.15, 0.2) is 58.6 Å². The summed E-state index contributed by atoms with van der Waals surface area (Å²) >= 11 is 0. The van der Waals surface area contributed by atoms with Crippen LogP contribution in [0.1, 0.15) is 48.7 Å². The fourth-order valence-corrected chi connectivity index (χ4v) is 4.45. The van der Waals surface area contributed by atoms with Crippen LogP contribution >= 0.6 is 0 Å². The maximum absolute atomic E-state index is 11.0. The molecule has 1 aliphatic rings. The van der Waals surface area contributed by atoms with Gasteiger partial charge in [-0.1, -0.05) is 26.8 Å². The summed E-state index contributed by atoms with van der Waals surface area (Å²) in [5.74, 6) is 0.874. The van der Waals surface area contributed by atoms with E-state index in [1.54, 1.807) is 12.4 Å². The number of benzene rings is 1. The van der Waals surface area contributed by atoms with Crippen LogP contribution in [-0.2, 0) is 10.9 Å². The van der Waals surface area contributed by atoms with Gasteiger partial charge in [-0.2, -0.15) is 0 Å². The summed E-state index contributed by atoms with van der Waals surface area (Å²) in [4.78, 5) is 23.8. The molecular formula is C27H29N5O3Si. The molecule has 4 aromatic rings. The Morgan fingerprint density at radius 2 is 1.89 bits per heavy atom. The maximum atomic E-state index is 11.0. The lowest BCUT2D eigenvalue weighted by molar-refractivity contribution is 0.112. The largest absolute Gasteiger partial charge is 0.455 e. The van der Waals surface area contributed by atoms with Gasteiger partial charge in [0.25, 0.3) is 8.32 Å². The van der Waals surface area contributed by atoms with Gasteiger partial charge < -0.3 is 14.3 Å². The predicted octanol–water partition coefficient (Wildman–Crippen LogP) is 6.51. The van der Waals surface area contributed by atoms with Crippen LogP contribution in [0.5, 0.6) is 0 Å². The van der Waals surface area contributed by atoms with Crippen LogP contribution < -0.4 is 5.32 Å². The molecule has 1 aliphatic carbocycles. The number of rotatable bonds is 6. The summed E-state index contributed by atoms with van der Waals surface area (Å²) in [5.41, 5.74) is 6.06. The van der Waals surface area contributed by atoms with Gasteiger partial charge in [0.15, 0.2) is 23.5 Å². The van der Waals surface area contributed by atoms with Gasteiger partial charge in [0.2, 0.25) is 0 Å². The molecule has 36 heavy (non-hydrogen) atoms. The molecule has 0 aliphatic heterocycles. The zero-order valence-corrected chi connectivity index (χ0v) is 22.1. The van der Waals surface area contributed by atoms with Crippen molar-refractivity contribution in [2.24, 2.45) is 5.16 Å². The highest BCUT2D eigenvalue weighted by atomic mass is 28.4. The normalized spacial score (nSPS) is 14.8. The Bertz CT molecular complexity index is 1470. The maximum Gasteiger partial charge on any atom is 0.286 e. The molecule has 3 aromatic heterocycles. The third-order valence-corrected chi connectivity index (χ3v) is 11.2. The molecule has 0 fully saturated rings. The quantitative estimate of drug-likeness (QED) is 0.183. The van der Waals surface area contributed by atoms with Gasteiger partial charge in [-0.15, -0.1) is 5.16 Å². The summed E-state index contributed by atoms with van der Waals surface area (Å²) in [7, 11) is -1.97. The second-order valence-electron chi connectivity index (χ2n) is 10.5. The first kappa shape index (κ1) is 23.9. The predicted molar refractivity (Wildman–Crippen MR) is 143 cm³/mol. The average molecular weight is 500 g/mol. The monoisotopic (exact) mass is 499 g/mol. The Hall–Kier alpha value is -3.85. The Labute approximate surface area is 211 Å². The van der Waals surface area contributed by atoms with Gasteiger partial charge in [0, 0.05) is 35.2 Å². The third-order valence-electron chi connectivity index (χ3n) is 7.01. The third kappa shape index (κ3) is 4.42. The number of anilines is 2. The molecule has 5 rings (SSSR count). The minimum Gasteiger partial charge on any atom is -0.455 e. The highest BCUT2D eigenvalue weighted by Crippen LogP contribution is 2.39. The van der Waals surface area contributed by atoms with Crippen molar-refractivity contribution in [2.75, 3.05) is 5.32 Å². The van der Waals surface area contributed by atoms with E-state index in [2.05, 4.69) is 71.4 Å². The van der Waals surface area contributed by atoms with E-state index in [0.717, 1.165) is 40.9 Å². The van der Waals surface area contributed by atoms with E-state index in [-0.39, 0.29) is 5.04 Å². The topological polar surface area (TPSA) is 102 Å². The number of hydrogen-bond donors (Lipinski definition) is 1. The van der Waals surface area contributed by atoms with Crippen LogP contribution in [-0.4, -0.2) is 35.3 Å². The first-order valence-electron chi connectivity index (χ1n) is 12.0. The van der Waals surface area contributed by atoms with Crippen LogP contribution in [0.4, 0.5) is 11.4 Å². The average Bonchev–Trinajstić information content (AvgIpc) is 3.43. The van der Waals surface area contributed by atoms with Gasteiger partial charge in [-0.05, 0) is 54.7 Å². The molecule has 0 saturated carbocycles. The Morgan fingerprint density at radius 1 is 1.11 bits per heavy atom. The minimum absolute atomic E-state index is 0.101. The zero-order valence-electron chi connectivity index (χ0n) is 21.1. The van der Waals surface area contributed by atoms with E-state index in [4.69, 9.17) is 8.94 Å². The van der Waals surface area contributed by atoms with Crippen LogP contribution in [0.2, 0.25) is 18.1 Å². The number of oxime groups is 1. The van der Waals surface area contributed by atoms with Gasteiger partial charge in [-0.3, -0.25) is 9.78 Å². The molecule has 0 spiro atoms. The fourth-order valence-electron chi connectivity index (χ4n) is 3.84. The van der Waals surface area contributed by atoms with Crippen molar-refractivity contribution in [3.8, 4) is 11.6 Å². The van der Waals surface area contributed by atoms with Crippen molar-refractivity contribution in [1.82, 2.24) is 15.0 Å². The zero-order chi connectivity index (χ0) is 25.5. The molecular weight excluding hydrogens is 470 g/mol. The summed E-state index contributed by atoms with van der Waals surface area (Å²) in [6.45, 7) is 11.1. The number of carbonyl (C=O) groups excluding carboxylic acids is 1. The molecule has 0 unspecified atom stereocenters. The van der Waals surface area contributed by atoms with Crippen molar-refractivity contribution in [3.05, 3.63) is 65.7 Å². The minimum atomic E-state index is -1.97. The summed E-state index contributed by atoms with van der Waals surface area (Å²) < 4.78 is 12.2. The van der Waals surface area contributed by atoms with E-state index >= 15 is 0 Å². The Balaban J connectivity index is 1.46. The molecule has 0 radical (unpaired) electrons.